The van der Waals surface area contributed by atoms with Crippen LogP contribution in [0.5, 0.6) is 0 Å². The van der Waals surface area contributed by atoms with Crippen LogP contribution in [0, 0.1) is 5.92 Å². The van der Waals surface area contributed by atoms with E-state index in [1.165, 1.54) is 0 Å². The molecule has 1 amide bonds. The third kappa shape index (κ3) is 2.31. The van der Waals surface area contributed by atoms with Crippen molar-refractivity contribution >= 4 is 16.4 Å². The van der Waals surface area contributed by atoms with Crippen LogP contribution in [0.4, 0.5) is 4.79 Å². The molecule has 1 fully saturated rings. The summed E-state index contributed by atoms with van der Waals surface area (Å²) < 4.78 is 27.3. The molecule has 6 nitrogen and oxygen atoms in total. The van der Waals surface area contributed by atoms with E-state index in [1.54, 1.807) is 0 Å². The lowest BCUT2D eigenvalue weighted by Gasteiger charge is -2.05. The number of hydrogen-bond donors (Lipinski definition) is 1. The first-order valence-corrected chi connectivity index (χ1v) is 5.22. The minimum atomic E-state index is -3.92. The summed E-state index contributed by atoms with van der Waals surface area (Å²) in [6.45, 7) is 4.18. The molecule has 1 aliphatic rings. The molecule has 1 rings (SSSR count). The zero-order valence-corrected chi connectivity index (χ0v) is 8.24. The summed E-state index contributed by atoms with van der Waals surface area (Å²) in [5, 5.41) is 0. The molecular weight excluding hydrogens is 196 g/mol. The molecule has 2 N–H and O–H groups in total. The van der Waals surface area contributed by atoms with Crippen LogP contribution in [0.2, 0.25) is 0 Å². The van der Waals surface area contributed by atoms with Gasteiger partial charge >= 0.3 is 16.4 Å². The summed E-state index contributed by atoms with van der Waals surface area (Å²) in [6.07, 6.45) is -1.30. The normalized spacial score (nSPS) is 27.3. The first-order valence-electron chi connectivity index (χ1n) is 3.85. The standard InChI is InChI=1S/C6H12N2O4S/c1-4(2)5-3-8(5)13(10,11)12-6(7)9/h4-5H,3H2,1-2H3,(H2,7,9). The summed E-state index contributed by atoms with van der Waals surface area (Å²) in [5.41, 5.74) is 4.60. The smallest absolute Gasteiger partial charge is 0.334 e. The number of rotatable bonds is 3. The van der Waals surface area contributed by atoms with Gasteiger partial charge in [-0.3, -0.25) is 0 Å². The predicted molar refractivity (Wildman–Crippen MR) is 44.9 cm³/mol. The largest absolute Gasteiger partial charge is 0.421 e. The number of primary amides is 1. The summed E-state index contributed by atoms with van der Waals surface area (Å²) >= 11 is 0. The lowest BCUT2D eigenvalue weighted by molar-refractivity contribution is 0.210. The van der Waals surface area contributed by atoms with Crippen molar-refractivity contribution in [2.75, 3.05) is 6.54 Å². The van der Waals surface area contributed by atoms with Crippen LogP contribution in [0.25, 0.3) is 0 Å². The summed E-state index contributed by atoms with van der Waals surface area (Å²) in [6, 6.07) is -0.0654. The third-order valence-corrected chi connectivity index (χ3v) is 3.22. The van der Waals surface area contributed by atoms with Crippen molar-refractivity contribution in [1.29, 1.82) is 0 Å². The molecule has 13 heavy (non-hydrogen) atoms. The topological polar surface area (TPSA) is 89.5 Å². The second kappa shape index (κ2) is 3.15. The van der Waals surface area contributed by atoms with Crippen LogP contribution in [0.3, 0.4) is 0 Å². The Labute approximate surface area is 76.9 Å². The highest BCUT2D eigenvalue weighted by Crippen LogP contribution is 2.29. The van der Waals surface area contributed by atoms with E-state index in [1.807, 2.05) is 13.8 Å². The highest BCUT2D eigenvalue weighted by Gasteiger charge is 2.47. The van der Waals surface area contributed by atoms with E-state index in [0.717, 1.165) is 4.31 Å². The van der Waals surface area contributed by atoms with Crippen molar-refractivity contribution in [3.63, 3.8) is 0 Å². The van der Waals surface area contributed by atoms with E-state index in [0.29, 0.717) is 6.54 Å². The van der Waals surface area contributed by atoms with Crippen molar-refractivity contribution in [3.8, 4) is 0 Å². The molecule has 76 valence electrons. The second-order valence-electron chi connectivity index (χ2n) is 3.24. The lowest BCUT2D eigenvalue weighted by Crippen LogP contribution is -2.25. The van der Waals surface area contributed by atoms with Gasteiger partial charge in [-0.2, -0.15) is 12.7 Å². The molecule has 0 radical (unpaired) electrons. The second-order valence-corrected chi connectivity index (χ2v) is 4.73. The van der Waals surface area contributed by atoms with Crippen LogP contribution in [0.1, 0.15) is 13.8 Å². The van der Waals surface area contributed by atoms with E-state index in [9.17, 15) is 13.2 Å². The average Bonchev–Trinajstić information content (AvgIpc) is 2.59. The maximum atomic E-state index is 11.1. The molecule has 2 atom stereocenters. The zero-order chi connectivity index (χ0) is 10.2. The summed E-state index contributed by atoms with van der Waals surface area (Å²) in [5.74, 6) is 0.214. The SMILES string of the molecule is CC(C)C1CN1S(=O)(=O)OC(N)=O. The molecule has 0 aromatic carbocycles. The third-order valence-electron chi connectivity index (χ3n) is 1.85. The maximum Gasteiger partial charge on any atom is 0.421 e. The fourth-order valence-corrected chi connectivity index (χ4v) is 2.30. The van der Waals surface area contributed by atoms with Crippen LogP contribution in [-0.2, 0) is 14.5 Å². The van der Waals surface area contributed by atoms with Gasteiger partial charge in [0.2, 0.25) is 0 Å². The Bertz CT molecular complexity index is 311. The molecule has 1 heterocycles. The van der Waals surface area contributed by atoms with E-state index in [2.05, 4.69) is 9.92 Å². The number of nitrogens with two attached hydrogens (primary N) is 1. The first kappa shape index (κ1) is 10.3. The van der Waals surface area contributed by atoms with Gasteiger partial charge in [-0.25, -0.2) is 4.79 Å². The van der Waals surface area contributed by atoms with Crippen LogP contribution >= 0.6 is 0 Å². The lowest BCUT2D eigenvalue weighted by atomic mass is 10.1. The molecule has 0 spiro atoms. The van der Waals surface area contributed by atoms with Crippen molar-refractivity contribution in [2.45, 2.75) is 19.9 Å². The highest BCUT2D eigenvalue weighted by molar-refractivity contribution is 7.85. The van der Waals surface area contributed by atoms with Crippen molar-refractivity contribution < 1.29 is 17.4 Å². The molecule has 2 unspecified atom stereocenters. The van der Waals surface area contributed by atoms with Gasteiger partial charge in [-0.15, -0.1) is 0 Å². The minimum absolute atomic E-state index is 0.0654. The van der Waals surface area contributed by atoms with E-state index in [-0.39, 0.29) is 12.0 Å². The van der Waals surface area contributed by atoms with Crippen molar-refractivity contribution in [2.24, 2.45) is 11.7 Å². The van der Waals surface area contributed by atoms with E-state index < -0.39 is 16.4 Å². The minimum Gasteiger partial charge on any atom is -0.334 e. The highest BCUT2D eigenvalue weighted by atomic mass is 32.2. The van der Waals surface area contributed by atoms with Gasteiger partial charge in [0.15, 0.2) is 0 Å². The van der Waals surface area contributed by atoms with Gasteiger partial charge in [0.1, 0.15) is 0 Å². The van der Waals surface area contributed by atoms with Crippen molar-refractivity contribution in [3.05, 3.63) is 0 Å². The Morgan fingerprint density at radius 1 is 1.62 bits per heavy atom. The van der Waals surface area contributed by atoms with Gasteiger partial charge in [-0.1, -0.05) is 13.8 Å². The van der Waals surface area contributed by atoms with E-state index in [4.69, 9.17) is 0 Å². The molecule has 1 saturated heterocycles. The van der Waals surface area contributed by atoms with E-state index >= 15 is 0 Å². The number of carbonyl (C=O) groups is 1. The number of nitrogens with zero attached hydrogens (tertiary/aromatic N) is 1. The summed E-state index contributed by atoms with van der Waals surface area (Å²) in [7, 11) is -3.92. The number of carbonyl (C=O) groups excluding carboxylic acids is 1. The van der Waals surface area contributed by atoms with Crippen LogP contribution in [-0.4, -0.2) is 31.4 Å². The summed E-state index contributed by atoms with van der Waals surface area (Å²) in [4.78, 5) is 10.2. The van der Waals surface area contributed by atoms with Crippen LogP contribution in [0.15, 0.2) is 0 Å². The van der Waals surface area contributed by atoms with Crippen molar-refractivity contribution in [1.82, 2.24) is 4.31 Å². The number of hydrogen-bond acceptors (Lipinski definition) is 4. The molecule has 7 heteroatoms. The molecule has 0 aromatic heterocycles. The van der Waals surface area contributed by atoms with Gasteiger partial charge in [-0.05, 0) is 5.92 Å². The average molecular weight is 208 g/mol. The zero-order valence-electron chi connectivity index (χ0n) is 7.43. The molecule has 0 aliphatic carbocycles. The van der Waals surface area contributed by atoms with Gasteiger partial charge in [0.05, 0.1) is 0 Å². The molecule has 0 saturated carbocycles. The molecule has 0 aromatic rings. The Kier molecular flexibility index (Phi) is 2.49. The number of amides is 1. The Morgan fingerprint density at radius 3 is 2.46 bits per heavy atom. The Hall–Kier alpha value is -0.820. The van der Waals surface area contributed by atoms with Gasteiger partial charge < -0.3 is 9.92 Å². The quantitative estimate of drug-likeness (QED) is 0.643. The maximum absolute atomic E-state index is 11.1. The van der Waals surface area contributed by atoms with Gasteiger partial charge in [0, 0.05) is 12.6 Å². The molecular formula is C6H12N2O4S. The molecule has 1 aliphatic heterocycles. The van der Waals surface area contributed by atoms with Gasteiger partial charge in [0.25, 0.3) is 0 Å². The fraction of sp³-hybridized carbons (Fsp3) is 0.833. The first-order chi connectivity index (χ1) is 5.84. The fourth-order valence-electron chi connectivity index (χ4n) is 1.09. The monoisotopic (exact) mass is 208 g/mol. The predicted octanol–water partition coefficient (Wildman–Crippen LogP) is -0.333. The van der Waals surface area contributed by atoms with Crippen LogP contribution < -0.4 is 5.73 Å². The Morgan fingerprint density at radius 2 is 2.15 bits per heavy atom. The molecule has 0 bridgehead atoms. The Balaban J connectivity index is 2.60.